The normalized spacial score (nSPS) is 13.2. The first kappa shape index (κ1) is 83.1. The Morgan fingerprint density at radius 1 is 0.171 bits per heavy atom. The van der Waals surface area contributed by atoms with Crippen LogP contribution in [-0.2, 0) is 16.2 Å². The highest BCUT2D eigenvalue weighted by atomic mass is 15.0. The highest BCUT2D eigenvalue weighted by molar-refractivity contribution is 6.13. The minimum atomic E-state index is -0.0252. The molecule has 0 saturated carbocycles. The first-order valence-corrected chi connectivity index (χ1v) is 48.4. The molecule has 0 radical (unpaired) electrons. The molecule has 0 atom stereocenters. The topological polar surface area (TPSA) is 82.3 Å². The number of benzene rings is 21. The Balaban J connectivity index is 0.000000109. The second-order valence-electron chi connectivity index (χ2n) is 39.0. The molecule has 0 saturated heterocycles. The van der Waals surface area contributed by atoms with E-state index in [2.05, 4.69) is 471 Å². The third kappa shape index (κ3) is 13.7. The van der Waals surface area contributed by atoms with Gasteiger partial charge in [0, 0.05) is 82.2 Å². The summed E-state index contributed by atoms with van der Waals surface area (Å²) in [5.74, 6) is 2.20. The summed E-state index contributed by atoms with van der Waals surface area (Å²) < 4.78 is 2.36. The summed E-state index contributed by atoms with van der Waals surface area (Å²) in [6, 6.07) is 163. The SMILES string of the molecule is CC1(C)c2ccccc2-c2c1ccc1ccc(-c3ccc(-c4nc(-c5ccc6c7ccccc7n(-c7ccccc7)c6c5)c5ccccc5n4)cc3)cc21.CC1(C)c2ccccc2-c2c1ccc1ccc(-c3ccc(-c4nc(-c5ccccc5)c5ccccc5n4)c4ccccc34)cc21.CC1(C)c2ccccc2-c2c1ccc1ccc(-c3ccc(-c4nc(-c5ccccc5)c5ccccc5n4)cc3)cc21. The molecule has 0 unspecified atom stereocenters. The number of fused-ring (bicyclic) bond motifs is 22. The summed E-state index contributed by atoms with van der Waals surface area (Å²) in [5.41, 5.74) is 39.1. The zero-order valence-corrected chi connectivity index (χ0v) is 78.4. The van der Waals surface area contributed by atoms with Crippen molar-refractivity contribution >= 4 is 97.6 Å². The van der Waals surface area contributed by atoms with Crippen molar-refractivity contribution in [2.75, 3.05) is 0 Å². The highest BCUT2D eigenvalue weighted by Crippen LogP contribution is 2.56. The molecule has 3 aliphatic rings. The highest BCUT2D eigenvalue weighted by Gasteiger charge is 2.40. The lowest BCUT2D eigenvalue weighted by molar-refractivity contribution is 0.660. The van der Waals surface area contributed by atoms with Crippen molar-refractivity contribution in [2.45, 2.75) is 57.8 Å². The summed E-state index contributed by atoms with van der Waals surface area (Å²) >= 11 is 0. The summed E-state index contributed by atoms with van der Waals surface area (Å²) in [6.07, 6.45) is 0. The van der Waals surface area contributed by atoms with Crippen molar-refractivity contribution in [3.05, 3.63) is 488 Å². The van der Waals surface area contributed by atoms with Gasteiger partial charge in [0.25, 0.3) is 0 Å². The van der Waals surface area contributed by atoms with Crippen molar-refractivity contribution in [1.82, 2.24) is 34.5 Å². The molecule has 7 heteroatoms. The van der Waals surface area contributed by atoms with Crippen LogP contribution in [0.15, 0.2) is 455 Å². The van der Waals surface area contributed by atoms with Gasteiger partial charge >= 0.3 is 0 Å². The lowest BCUT2D eigenvalue weighted by Gasteiger charge is -2.21. The summed E-state index contributed by atoms with van der Waals surface area (Å²) in [5, 5.41) is 15.7. The largest absolute Gasteiger partial charge is 0.309 e. The molecular formula is C133H93N7. The smallest absolute Gasteiger partial charge is 0.161 e. The maximum Gasteiger partial charge on any atom is 0.161 e. The molecule has 140 heavy (non-hydrogen) atoms. The van der Waals surface area contributed by atoms with Crippen LogP contribution in [0.2, 0.25) is 0 Å². The molecule has 4 aromatic heterocycles. The van der Waals surface area contributed by atoms with E-state index >= 15 is 0 Å². The summed E-state index contributed by atoms with van der Waals surface area (Å²) in [7, 11) is 0. The van der Waals surface area contributed by atoms with E-state index in [4.69, 9.17) is 29.9 Å². The number of hydrogen-bond acceptors (Lipinski definition) is 6. The van der Waals surface area contributed by atoms with E-state index < -0.39 is 0 Å². The monoisotopic (exact) mass is 1790 g/mol. The van der Waals surface area contributed by atoms with Gasteiger partial charge in [-0.2, -0.15) is 0 Å². The van der Waals surface area contributed by atoms with Crippen LogP contribution in [0.1, 0.15) is 74.9 Å². The van der Waals surface area contributed by atoms with E-state index in [1.165, 1.54) is 154 Å². The molecule has 0 amide bonds. The summed E-state index contributed by atoms with van der Waals surface area (Å²) in [4.78, 5) is 30.7. The Bertz CT molecular complexity index is 9380. The number of rotatable bonds is 10. The van der Waals surface area contributed by atoms with Crippen molar-refractivity contribution in [3.8, 4) is 140 Å². The molecule has 28 rings (SSSR count). The number of aromatic nitrogens is 7. The van der Waals surface area contributed by atoms with Crippen molar-refractivity contribution in [3.63, 3.8) is 0 Å². The van der Waals surface area contributed by atoms with Crippen LogP contribution in [0.3, 0.4) is 0 Å². The fraction of sp³-hybridized carbons (Fsp3) is 0.0677. The number of hydrogen-bond donors (Lipinski definition) is 0. The predicted molar refractivity (Wildman–Crippen MR) is 585 cm³/mol. The van der Waals surface area contributed by atoms with E-state index in [0.29, 0.717) is 5.82 Å². The molecular weight excluding hydrogens is 1700 g/mol. The number of para-hydroxylation sites is 5. The molecule has 21 aromatic carbocycles. The second kappa shape index (κ2) is 32.9. The van der Waals surface area contributed by atoms with E-state index in [1.54, 1.807) is 0 Å². The van der Waals surface area contributed by atoms with Gasteiger partial charge in [0.15, 0.2) is 17.5 Å². The molecule has 3 aliphatic carbocycles. The average molecular weight is 1790 g/mol. The predicted octanol–water partition coefficient (Wildman–Crippen LogP) is 34.5. The van der Waals surface area contributed by atoms with Gasteiger partial charge in [-0.15, -0.1) is 0 Å². The quantitative estimate of drug-likeness (QED) is 0.136. The van der Waals surface area contributed by atoms with E-state index in [-0.39, 0.29) is 16.2 Å². The fourth-order valence-corrected chi connectivity index (χ4v) is 22.9. The molecule has 660 valence electrons. The average Bonchev–Trinajstić information content (AvgIpc) is 1.60. The molecule has 0 fully saturated rings. The molecule has 7 nitrogen and oxygen atoms in total. The van der Waals surface area contributed by atoms with Crippen LogP contribution in [-0.4, -0.2) is 34.5 Å². The zero-order valence-electron chi connectivity index (χ0n) is 78.4. The fourth-order valence-electron chi connectivity index (χ4n) is 22.9. The van der Waals surface area contributed by atoms with Gasteiger partial charge < -0.3 is 4.57 Å². The first-order chi connectivity index (χ1) is 68.7. The van der Waals surface area contributed by atoms with Crippen LogP contribution in [0.5, 0.6) is 0 Å². The Morgan fingerprint density at radius 3 is 0.943 bits per heavy atom. The third-order valence-corrected chi connectivity index (χ3v) is 30.0. The van der Waals surface area contributed by atoms with Gasteiger partial charge in [-0.25, -0.2) is 29.9 Å². The Morgan fingerprint density at radius 2 is 0.486 bits per heavy atom. The summed E-state index contributed by atoms with van der Waals surface area (Å²) in [6.45, 7) is 14.0. The van der Waals surface area contributed by atoms with Gasteiger partial charge in [0.1, 0.15) is 0 Å². The van der Waals surface area contributed by atoms with Crippen molar-refractivity contribution < 1.29 is 0 Å². The Hall–Kier alpha value is -17.5. The zero-order chi connectivity index (χ0) is 93.6. The maximum atomic E-state index is 5.30. The second-order valence-corrected chi connectivity index (χ2v) is 39.0. The van der Waals surface area contributed by atoms with Crippen LogP contribution >= 0.6 is 0 Å². The van der Waals surface area contributed by atoms with Crippen LogP contribution in [0.4, 0.5) is 0 Å². The van der Waals surface area contributed by atoms with Gasteiger partial charge in [0.05, 0.1) is 44.7 Å². The molecule has 0 aliphatic heterocycles. The van der Waals surface area contributed by atoms with Gasteiger partial charge in [-0.1, -0.05) is 430 Å². The van der Waals surface area contributed by atoms with E-state index in [0.717, 1.165) is 111 Å². The van der Waals surface area contributed by atoms with Crippen LogP contribution < -0.4 is 0 Å². The van der Waals surface area contributed by atoms with E-state index in [9.17, 15) is 0 Å². The Labute approximate surface area is 812 Å². The molecule has 25 aromatic rings. The van der Waals surface area contributed by atoms with E-state index in [1.807, 2.05) is 30.3 Å². The minimum Gasteiger partial charge on any atom is -0.309 e. The third-order valence-electron chi connectivity index (χ3n) is 30.0. The molecule has 0 N–H and O–H groups in total. The Kier molecular flexibility index (Phi) is 19.5. The maximum absolute atomic E-state index is 5.30. The first-order valence-electron chi connectivity index (χ1n) is 48.4. The van der Waals surface area contributed by atoms with Gasteiger partial charge in [-0.05, 0) is 210 Å². The van der Waals surface area contributed by atoms with Crippen LogP contribution in [0, 0.1) is 0 Å². The lowest BCUT2D eigenvalue weighted by Crippen LogP contribution is -2.14. The van der Waals surface area contributed by atoms with Crippen molar-refractivity contribution in [2.24, 2.45) is 0 Å². The molecule has 0 spiro atoms. The van der Waals surface area contributed by atoms with Gasteiger partial charge in [0.2, 0.25) is 0 Å². The number of nitrogens with zero attached hydrogens (tertiary/aromatic N) is 7. The van der Waals surface area contributed by atoms with Crippen LogP contribution in [0.25, 0.3) is 238 Å². The standard InChI is InChI=1S/C51H35N3.C43H30N2.C39H28N2/c1-51(2)43-17-9-6-15-40(43)48-42-30-35(25-22-33(42)27-29-44(48)51)32-20-23-34(24-21-32)50-52-45-18-10-7-16-41(45)49(53-50)36-26-28-39-38-14-8-11-19-46(38)54(47(39)31-36)37-12-4-3-5-13-37;1-43(2)37-18-10-8-16-34(37)40-36-26-29(21-20-27(36)22-25-38(40)43)30-23-24-33(32-15-7-6-14-31(30)32)42-44-39-19-11-9-17-35(39)41(45-42)28-12-4-3-5-13-28;1-39(2)33-14-8-6-12-30(33)36-32-24-29(21-18-26(32)22-23-34(36)39)25-16-19-28(20-17-25)38-40-35-15-9-7-13-31(35)37(41-38)27-10-4-3-5-11-27/h3-31H,1-2H3;3-26H,1-2H3;3-24H,1-2H3. The molecule has 0 bridgehead atoms. The lowest BCUT2D eigenvalue weighted by atomic mass is 9.82. The molecule has 4 heterocycles. The van der Waals surface area contributed by atoms with Gasteiger partial charge in [-0.3, -0.25) is 0 Å². The minimum absolute atomic E-state index is 0.00374. The van der Waals surface area contributed by atoms with Crippen molar-refractivity contribution in [1.29, 1.82) is 0 Å².